The first kappa shape index (κ1) is 14.2. The van der Waals surface area contributed by atoms with Crippen LogP contribution in [0.2, 0.25) is 0 Å². The standard InChI is InChI=1S/C14H16N2O4/c1-20-13(18)8-12(17)14(19)10-4-2-9(3-5-10)11-6-7-15-16-11/h2-7,12,14,17,19H,8H2,1H3,(H,15,16). The van der Waals surface area contributed by atoms with Gasteiger partial charge in [-0.2, -0.15) is 5.10 Å². The van der Waals surface area contributed by atoms with Crippen LogP contribution in [0, 0.1) is 0 Å². The lowest BCUT2D eigenvalue weighted by atomic mass is 10.00. The van der Waals surface area contributed by atoms with E-state index in [4.69, 9.17) is 0 Å². The van der Waals surface area contributed by atoms with E-state index in [0.29, 0.717) is 5.56 Å². The van der Waals surface area contributed by atoms with Crippen molar-refractivity contribution in [2.24, 2.45) is 0 Å². The van der Waals surface area contributed by atoms with Gasteiger partial charge in [0.25, 0.3) is 0 Å². The molecule has 0 aliphatic heterocycles. The molecule has 2 rings (SSSR count). The van der Waals surface area contributed by atoms with Gasteiger partial charge in [0.05, 0.1) is 25.3 Å². The molecule has 106 valence electrons. The maximum atomic E-state index is 11.1. The van der Waals surface area contributed by atoms with Crippen molar-refractivity contribution in [3.8, 4) is 11.3 Å². The van der Waals surface area contributed by atoms with Crippen LogP contribution in [-0.4, -0.2) is 39.6 Å². The number of carbonyl (C=O) groups excluding carboxylic acids is 1. The number of aromatic amines is 1. The molecule has 1 heterocycles. The van der Waals surface area contributed by atoms with Crippen LogP contribution < -0.4 is 0 Å². The highest BCUT2D eigenvalue weighted by atomic mass is 16.5. The summed E-state index contributed by atoms with van der Waals surface area (Å²) in [5.74, 6) is -0.564. The normalized spacial score (nSPS) is 13.8. The van der Waals surface area contributed by atoms with Crippen molar-refractivity contribution in [1.82, 2.24) is 10.2 Å². The number of methoxy groups -OCH3 is 1. The van der Waals surface area contributed by atoms with E-state index in [2.05, 4.69) is 14.9 Å². The SMILES string of the molecule is COC(=O)CC(O)C(O)c1ccc(-c2ccn[nH]2)cc1. The van der Waals surface area contributed by atoms with Crippen LogP contribution in [0.4, 0.5) is 0 Å². The fourth-order valence-electron chi connectivity index (χ4n) is 1.86. The number of esters is 1. The average Bonchev–Trinajstić information content (AvgIpc) is 3.00. The van der Waals surface area contributed by atoms with Gasteiger partial charge in [0.15, 0.2) is 0 Å². The number of nitrogens with zero attached hydrogens (tertiary/aromatic N) is 1. The predicted octanol–water partition coefficient (Wildman–Crippen LogP) is 1.03. The molecule has 0 aliphatic carbocycles. The second-order valence-electron chi connectivity index (χ2n) is 4.38. The number of H-pyrrole nitrogens is 1. The summed E-state index contributed by atoms with van der Waals surface area (Å²) in [5, 5.41) is 26.4. The van der Waals surface area contributed by atoms with E-state index in [1.807, 2.05) is 6.07 Å². The lowest BCUT2D eigenvalue weighted by molar-refractivity contribution is -0.144. The lowest BCUT2D eigenvalue weighted by Gasteiger charge is -2.17. The second kappa shape index (κ2) is 6.31. The zero-order chi connectivity index (χ0) is 14.5. The maximum Gasteiger partial charge on any atom is 0.308 e. The van der Waals surface area contributed by atoms with Gasteiger partial charge in [0.1, 0.15) is 6.10 Å². The molecule has 0 radical (unpaired) electrons. The molecule has 0 saturated heterocycles. The van der Waals surface area contributed by atoms with Crippen molar-refractivity contribution in [1.29, 1.82) is 0 Å². The number of carbonyl (C=O) groups is 1. The zero-order valence-corrected chi connectivity index (χ0v) is 11.0. The Hall–Kier alpha value is -2.18. The van der Waals surface area contributed by atoms with E-state index in [1.165, 1.54) is 7.11 Å². The zero-order valence-electron chi connectivity index (χ0n) is 11.0. The maximum absolute atomic E-state index is 11.1. The Morgan fingerprint density at radius 3 is 2.55 bits per heavy atom. The van der Waals surface area contributed by atoms with E-state index in [-0.39, 0.29) is 6.42 Å². The van der Waals surface area contributed by atoms with Crippen LogP contribution in [0.15, 0.2) is 36.5 Å². The number of hydrogen-bond donors (Lipinski definition) is 3. The van der Waals surface area contributed by atoms with Crippen molar-refractivity contribution in [3.05, 3.63) is 42.1 Å². The van der Waals surface area contributed by atoms with Gasteiger partial charge in [-0.3, -0.25) is 9.89 Å². The number of hydrogen-bond acceptors (Lipinski definition) is 5. The molecule has 2 atom stereocenters. The monoisotopic (exact) mass is 276 g/mol. The van der Waals surface area contributed by atoms with Crippen LogP contribution >= 0.6 is 0 Å². The van der Waals surface area contributed by atoms with Gasteiger partial charge in [-0.05, 0) is 17.2 Å². The van der Waals surface area contributed by atoms with Crippen LogP contribution in [0.5, 0.6) is 0 Å². The highest BCUT2D eigenvalue weighted by Crippen LogP contribution is 2.23. The number of aromatic nitrogens is 2. The summed E-state index contributed by atoms with van der Waals surface area (Å²) in [6, 6.07) is 8.83. The largest absolute Gasteiger partial charge is 0.469 e. The molecule has 2 unspecified atom stereocenters. The van der Waals surface area contributed by atoms with Gasteiger partial charge >= 0.3 is 5.97 Å². The summed E-state index contributed by atoms with van der Waals surface area (Å²) in [5.41, 5.74) is 2.31. The highest BCUT2D eigenvalue weighted by Gasteiger charge is 2.21. The Labute approximate surface area is 116 Å². The third kappa shape index (κ3) is 3.23. The van der Waals surface area contributed by atoms with Crippen molar-refractivity contribution in [3.63, 3.8) is 0 Å². The van der Waals surface area contributed by atoms with Gasteiger partial charge in [-0.1, -0.05) is 24.3 Å². The molecule has 0 saturated carbocycles. The van der Waals surface area contributed by atoms with Crippen molar-refractivity contribution >= 4 is 5.97 Å². The Bertz CT molecular complexity index is 551. The summed E-state index contributed by atoms with van der Waals surface area (Å²) < 4.78 is 4.45. The molecule has 1 aromatic carbocycles. The number of nitrogens with one attached hydrogen (secondary N) is 1. The molecule has 6 nitrogen and oxygen atoms in total. The summed E-state index contributed by atoms with van der Waals surface area (Å²) in [7, 11) is 1.24. The Balaban J connectivity index is 2.07. The van der Waals surface area contributed by atoms with Gasteiger partial charge < -0.3 is 14.9 Å². The number of benzene rings is 1. The van der Waals surface area contributed by atoms with Crippen LogP contribution in [0.1, 0.15) is 18.1 Å². The van der Waals surface area contributed by atoms with E-state index in [9.17, 15) is 15.0 Å². The highest BCUT2D eigenvalue weighted by molar-refractivity contribution is 5.69. The molecule has 1 aromatic heterocycles. The van der Waals surface area contributed by atoms with Gasteiger partial charge in [0.2, 0.25) is 0 Å². The summed E-state index contributed by atoms with van der Waals surface area (Å²) >= 11 is 0. The number of aliphatic hydroxyl groups is 2. The van der Waals surface area contributed by atoms with Gasteiger partial charge in [-0.25, -0.2) is 0 Å². The molecule has 0 amide bonds. The first-order valence-corrected chi connectivity index (χ1v) is 6.14. The van der Waals surface area contributed by atoms with Crippen molar-refractivity contribution < 1.29 is 19.7 Å². The predicted molar refractivity (Wildman–Crippen MR) is 71.6 cm³/mol. The molecule has 20 heavy (non-hydrogen) atoms. The van der Waals surface area contributed by atoms with Crippen molar-refractivity contribution in [2.45, 2.75) is 18.6 Å². The first-order valence-electron chi connectivity index (χ1n) is 6.14. The Kier molecular flexibility index (Phi) is 4.49. The minimum Gasteiger partial charge on any atom is -0.469 e. The molecule has 3 N–H and O–H groups in total. The van der Waals surface area contributed by atoms with Gasteiger partial charge in [0, 0.05) is 6.20 Å². The third-order valence-corrected chi connectivity index (χ3v) is 3.03. The summed E-state index contributed by atoms with van der Waals surface area (Å²) in [6.45, 7) is 0. The van der Waals surface area contributed by atoms with E-state index in [0.717, 1.165) is 11.3 Å². The Morgan fingerprint density at radius 2 is 2.00 bits per heavy atom. The minimum absolute atomic E-state index is 0.250. The molecule has 0 spiro atoms. The Morgan fingerprint density at radius 1 is 1.30 bits per heavy atom. The molecular weight excluding hydrogens is 260 g/mol. The molecule has 2 aromatic rings. The first-order chi connectivity index (χ1) is 9.61. The summed E-state index contributed by atoms with van der Waals surface area (Å²) in [6.07, 6.45) is -0.927. The molecule has 0 aliphatic rings. The number of aliphatic hydroxyl groups excluding tert-OH is 2. The lowest BCUT2D eigenvalue weighted by Crippen LogP contribution is -2.22. The smallest absolute Gasteiger partial charge is 0.308 e. The molecular formula is C14H16N2O4. The van der Waals surface area contributed by atoms with Crippen LogP contribution in [0.25, 0.3) is 11.3 Å². The van der Waals surface area contributed by atoms with E-state index >= 15 is 0 Å². The third-order valence-electron chi connectivity index (χ3n) is 3.03. The van der Waals surface area contributed by atoms with E-state index < -0.39 is 18.2 Å². The molecule has 6 heteroatoms. The van der Waals surface area contributed by atoms with Crippen LogP contribution in [-0.2, 0) is 9.53 Å². The molecule has 0 fully saturated rings. The fourth-order valence-corrected chi connectivity index (χ4v) is 1.86. The minimum atomic E-state index is -1.19. The average molecular weight is 276 g/mol. The van der Waals surface area contributed by atoms with Gasteiger partial charge in [-0.15, -0.1) is 0 Å². The summed E-state index contributed by atoms with van der Waals surface area (Å²) in [4.78, 5) is 11.1. The number of rotatable bonds is 5. The quantitative estimate of drug-likeness (QED) is 0.709. The molecule has 0 bridgehead atoms. The second-order valence-corrected chi connectivity index (χ2v) is 4.38. The van der Waals surface area contributed by atoms with E-state index in [1.54, 1.807) is 30.5 Å². The van der Waals surface area contributed by atoms with Crippen LogP contribution in [0.3, 0.4) is 0 Å². The number of ether oxygens (including phenoxy) is 1. The fraction of sp³-hybridized carbons (Fsp3) is 0.286. The van der Waals surface area contributed by atoms with Crippen molar-refractivity contribution in [2.75, 3.05) is 7.11 Å². The topological polar surface area (TPSA) is 95.4 Å².